The fraction of sp³-hybridized carbons (Fsp3) is 0.435. The molecule has 2 aromatic carbocycles. The molecule has 1 atom stereocenters. The lowest BCUT2D eigenvalue weighted by Gasteiger charge is -2.39. The number of benzene rings is 2. The Morgan fingerprint density at radius 1 is 0.970 bits per heavy atom. The number of sulfonamides is 1. The fourth-order valence-electron chi connectivity index (χ4n) is 4.42. The summed E-state index contributed by atoms with van der Waals surface area (Å²) in [6.45, 7) is 3.03. The molecular formula is C23H26Cl2FN3O3S. The fourth-order valence-corrected chi connectivity index (χ4v) is 6.34. The zero-order chi connectivity index (χ0) is 23.6. The number of piperazine rings is 1. The van der Waals surface area contributed by atoms with Gasteiger partial charge in [0.1, 0.15) is 5.82 Å². The van der Waals surface area contributed by atoms with E-state index in [1.54, 1.807) is 30.3 Å². The predicted octanol–water partition coefficient (Wildman–Crippen LogP) is 4.02. The summed E-state index contributed by atoms with van der Waals surface area (Å²) in [4.78, 5) is 17.1. The summed E-state index contributed by atoms with van der Waals surface area (Å²) >= 11 is 12.0. The Morgan fingerprint density at radius 2 is 1.67 bits per heavy atom. The van der Waals surface area contributed by atoms with Crippen LogP contribution in [0.15, 0.2) is 42.5 Å². The highest BCUT2D eigenvalue weighted by Crippen LogP contribution is 2.27. The van der Waals surface area contributed by atoms with Crippen LogP contribution in [0.4, 0.5) is 10.1 Å². The van der Waals surface area contributed by atoms with Crippen molar-refractivity contribution in [1.82, 2.24) is 9.21 Å². The zero-order valence-corrected chi connectivity index (χ0v) is 20.4. The van der Waals surface area contributed by atoms with Crippen molar-refractivity contribution in [2.45, 2.75) is 18.6 Å². The second kappa shape index (κ2) is 10.2. The molecule has 178 valence electrons. The van der Waals surface area contributed by atoms with E-state index in [1.807, 2.05) is 4.90 Å². The number of carbonyl (C=O) groups is 1. The van der Waals surface area contributed by atoms with Gasteiger partial charge in [0.2, 0.25) is 15.9 Å². The molecular weight excluding hydrogens is 488 g/mol. The number of rotatable bonds is 5. The second-order valence-electron chi connectivity index (χ2n) is 8.49. The molecule has 4 rings (SSSR count). The lowest BCUT2D eigenvalue weighted by atomic mass is 9.97. The minimum Gasteiger partial charge on any atom is -0.368 e. The molecule has 2 aromatic rings. The van der Waals surface area contributed by atoms with Crippen LogP contribution in [0.25, 0.3) is 0 Å². The largest absolute Gasteiger partial charge is 0.368 e. The smallest absolute Gasteiger partial charge is 0.227 e. The molecule has 2 fully saturated rings. The van der Waals surface area contributed by atoms with Gasteiger partial charge >= 0.3 is 0 Å². The van der Waals surface area contributed by atoms with Gasteiger partial charge in [-0.3, -0.25) is 4.79 Å². The molecule has 2 heterocycles. The third-order valence-electron chi connectivity index (χ3n) is 6.24. The van der Waals surface area contributed by atoms with E-state index in [1.165, 1.54) is 16.4 Å². The first kappa shape index (κ1) is 24.3. The van der Waals surface area contributed by atoms with Crippen LogP contribution in [0.3, 0.4) is 0 Å². The summed E-state index contributed by atoms with van der Waals surface area (Å²) in [5, 5.41) is 0.691. The van der Waals surface area contributed by atoms with Crippen LogP contribution in [0, 0.1) is 11.7 Å². The number of halogens is 3. The SMILES string of the molecule is O=C([C@H]1CCCN(S(=O)(=O)Cc2ccc(Cl)c(Cl)c2)C1)N1CCN(c2ccc(F)cc2)CC1. The Balaban J connectivity index is 1.35. The highest BCUT2D eigenvalue weighted by atomic mass is 35.5. The first-order valence-electron chi connectivity index (χ1n) is 10.9. The van der Waals surface area contributed by atoms with Crippen LogP contribution in [0.1, 0.15) is 18.4 Å². The minimum absolute atomic E-state index is 0.00296. The third kappa shape index (κ3) is 5.80. The van der Waals surface area contributed by atoms with E-state index in [9.17, 15) is 17.6 Å². The van der Waals surface area contributed by atoms with E-state index in [4.69, 9.17) is 23.2 Å². The van der Waals surface area contributed by atoms with Gasteiger partial charge in [0.05, 0.1) is 21.7 Å². The lowest BCUT2D eigenvalue weighted by molar-refractivity contribution is -0.137. The quantitative estimate of drug-likeness (QED) is 0.605. The number of hydrogen-bond acceptors (Lipinski definition) is 4. The van der Waals surface area contributed by atoms with Gasteiger partial charge in [-0.1, -0.05) is 29.3 Å². The van der Waals surface area contributed by atoms with Gasteiger partial charge in [-0.2, -0.15) is 0 Å². The molecule has 0 aliphatic carbocycles. The van der Waals surface area contributed by atoms with Gasteiger partial charge in [-0.25, -0.2) is 17.1 Å². The first-order valence-corrected chi connectivity index (χ1v) is 13.3. The van der Waals surface area contributed by atoms with Crippen molar-refractivity contribution < 1.29 is 17.6 Å². The summed E-state index contributed by atoms with van der Waals surface area (Å²) in [5.41, 5.74) is 1.50. The van der Waals surface area contributed by atoms with Gasteiger partial charge in [-0.15, -0.1) is 0 Å². The summed E-state index contributed by atoms with van der Waals surface area (Å²) in [7, 11) is -3.59. The predicted molar refractivity (Wildman–Crippen MR) is 129 cm³/mol. The van der Waals surface area contributed by atoms with Crippen molar-refractivity contribution in [3.8, 4) is 0 Å². The summed E-state index contributed by atoms with van der Waals surface area (Å²) in [6, 6.07) is 11.1. The van der Waals surface area contributed by atoms with Crippen molar-refractivity contribution in [2.75, 3.05) is 44.2 Å². The number of nitrogens with zero attached hydrogens (tertiary/aromatic N) is 3. The second-order valence-corrected chi connectivity index (χ2v) is 11.3. The summed E-state index contributed by atoms with van der Waals surface area (Å²) in [5.74, 6) is -0.798. The topological polar surface area (TPSA) is 60.9 Å². The van der Waals surface area contributed by atoms with Crippen molar-refractivity contribution in [1.29, 1.82) is 0 Å². The van der Waals surface area contributed by atoms with Crippen molar-refractivity contribution in [2.24, 2.45) is 5.92 Å². The van der Waals surface area contributed by atoms with Crippen LogP contribution in [0.2, 0.25) is 10.0 Å². The van der Waals surface area contributed by atoms with Crippen LogP contribution >= 0.6 is 23.2 Å². The molecule has 2 aliphatic rings. The Hall–Kier alpha value is -1.87. The highest BCUT2D eigenvalue weighted by molar-refractivity contribution is 7.88. The van der Waals surface area contributed by atoms with Gasteiger partial charge in [0.15, 0.2) is 0 Å². The Kier molecular flexibility index (Phi) is 7.48. The standard InChI is InChI=1S/C23H26Cl2FN3O3S/c24-21-8-3-17(14-22(21)25)16-33(31,32)29-9-1-2-18(15-29)23(30)28-12-10-27(11-13-28)20-6-4-19(26)5-7-20/h3-8,14,18H,1-2,9-13,15-16H2/t18-/m0/s1. The van der Waals surface area contributed by atoms with Gasteiger partial charge in [-0.05, 0) is 54.8 Å². The number of carbonyl (C=O) groups excluding carboxylic acids is 1. The Morgan fingerprint density at radius 3 is 2.33 bits per heavy atom. The van der Waals surface area contributed by atoms with Crippen LogP contribution in [-0.4, -0.2) is 62.8 Å². The van der Waals surface area contributed by atoms with E-state index in [2.05, 4.69) is 4.90 Å². The maximum Gasteiger partial charge on any atom is 0.227 e. The van der Waals surface area contributed by atoms with E-state index >= 15 is 0 Å². The molecule has 33 heavy (non-hydrogen) atoms. The number of anilines is 1. The maximum atomic E-state index is 13.2. The average molecular weight is 514 g/mol. The molecule has 10 heteroatoms. The van der Waals surface area contributed by atoms with Crippen LogP contribution in [-0.2, 0) is 20.6 Å². The Bertz CT molecular complexity index is 1110. The van der Waals surface area contributed by atoms with Gasteiger partial charge < -0.3 is 9.80 Å². The van der Waals surface area contributed by atoms with Gasteiger partial charge in [0.25, 0.3) is 0 Å². The van der Waals surface area contributed by atoms with E-state index in [0.717, 1.165) is 5.69 Å². The monoisotopic (exact) mass is 513 g/mol. The minimum atomic E-state index is -3.59. The zero-order valence-electron chi connectivity index (χ0n) is 18.1. The molecule has 2 aliphatic heterocycles. The lowest BCUT2D eigenvalue weighted by Crippen LogP contribution is -2.53. The van der Waals surface area contributed by atoms with Crippen molar-refractivity contribution >= 4 is 44.8 Å². The molecule has 6 nitrogen and oxygen atoms in total. The van der Waals surface area contributed by atoms with Crippen molar-refractivity contribution in [3.05, 3.63) is 63.9 Å². The molecule has 0 N–H and O–H groups in total. The molecule has 0 spiro atoms. The van der Waals surface area contributed by atoms with E-state index < -0.39 is 10.0 Å². The summed E-state index contributed by atoms with van der Waals surface area (Å²) < 4.78 is 40.6. The van der Waals surface area contributed by atoms with E-state index in [-0.39, 0.29) is 29.9 Å². The molecule has 0 bridgehead atoms. The van der Waals surface area contributed by atoms with Crippen LogP contribution < -0.4 is 4.90 Å². The third-order valence-corrected chi connectivity index (χ3v) is 8.80. The van der Waals surface area contributed by atoms with Gasteiger partial charge in [0, 0.05) is 45.0 Å². The van der Waals surface area contributed by atoms with E-state index in [0.29, 0.717) is 61.2 Å². The molecule has 0 saturated carbocycles. The molecule has 0 aromatic heterocycles. The molecule has 0 radical (unpaired) electrons. The number of hydrogen-bond donors (Lipinski definition) is 0. The average Bonchev–Trinajstić information content (AvgIpc) is 2.81. The van der Waals surface area contributed by atoms with Crippen molar-refractivity contribution in [3.63, 3.8) is 0 Å². The highest BCUT2D eigenvalue weighted by Gasteiger charge is 2.35. The first-order chi connectivity index (χ1) is 15.7. The number of amides is 1. The molecule has 1 amide bonds. The summed E-state index contributed by atoms with van der Waals surface area (Å²) in [6.07, 6.45) is 1.32. The molecule has 2 saturated heterocycles. The molecule has 0 unspecified atom stereocenters. The number of piperidine rings is 1. The normalized spacial score (nSPS) is 20.2. The maximum absolute atomic E-state index is 13.2. The van der Waals surface area contributed by atoms with Crippen LogP contribution in [0.5, 0.6) is 0 Å². The Labute approximate surface area is 203 Å².